The van der Waals surface area contributed by atoms with Gasteiger partial charge in [0.2, 0.25) is 0 Å². The van der Waals surface area contributed by atoms with Gasteiger partial charge in [-0.3, -0.25) is 10.1 Å². The quantitative estimate of drug-likeness (QED) is 0.370. The van der Waals surface area contributed by atoms with Crippen LogP contribution in [0.5, 0.6) is 0 Å². The molecule has 0 unspecified atom stereocenters. The number of hydrogen-bond donors (Lipinski definition) is 2. The van der Waals surface area contributed by atoms with Crippen molar-refractivity contribution < 1.29 is 19.6 Å². The van der Waals surface area contributed by atoms with E-state index in [0.29, 0.717) is 17.7 Å². The van der Waals surface area contributed by atoms with Gasteiger partial charge in [0, 0.05) is 18.6 Å². The molecule has 26 heavy (non-hydrogen) atoms. The van der Waals surface area contributed by atoms with E-state index < -0.39 is 23.0 Å². The molecule has 7 nitrogen and oxygen atoms in total. The summed E-state index contributed by atoms with van der Waals surface area (Å²) < 4.78 is 4.51. The van der Waals surface area contributed by atoms with E-state index in [9.17, 15) is 20.0 Å². The van der Waals surface area contributed by atoms with Crippen LogP contribution in [0.3, 0.4) is 0 Å². The van der Waals surface area contributed by atoms with Gasteiger partial charge in [0.25, 0.3) is 5.69 Å². The summed E-state index contributed by atoms with van der Waals surface area (Å²) >= 11 is 0. The van der Waals surface area contributed by atoms with Crippen LogP contribution in [0, 0.1) is 10.1 Å². The van der Waals surface area contributed by atoms with Crippen LogP contribution < -0.4 is 5.32 Å². The van der Waals surface area contributed by atoms with Crippen molar-refractivity contribution in [3.05, 3.63) is 75.3 Å². The number of carbonyl (C=O) groups excluding carboxylic acids is 1. The molecule has 0 radical (unpaired) electrons. The van der Waals surface area contributed by atoms with Gasteiger partial charge in [-0.1, -0.05) is 30.3 Å². The topological polar surface area (TPSA) is 102 Å². The van der Waals surface area contributed by atoms with Crippen LogP contribution in [0.1, 0.15) is 22.7 Å². The fourth-order valence-electron chi connectivity index (χ4n) is 3.07. The minimum absolute atomic E-state index is 0.131. The number of aliphatic hydroxyl groups is 1. The average Bonchev–Trinajstić information content (AvgIpc) is 2.95. The van der Waals surface area contributed by atoms with Crippen LogP contribution in [0.25, 0.3) is 6.08 Å². The zero-order valence-electron chi connectivity index (χ0n) is 14.1. The molecule has 134 valence electrons. The lowest BCUT2D eigenvalue weighted by atomic mass is 10.1. The minimum Gasteiger partial charge on any atom is -0.466 e. The van der Waals surface area contributed by atoms with Gasteiger partial charge in [-0.15, -0.1) is 0 Å². The van der Waals surface area contributed by atoms with Crippen LogP contribution in [0.4, 0.5) is 11.4 Å². The third-order valence-corrected chi connectivity index (χ3v) is 4.35. The van der Waals surface area contributed by atoms with Crippen molar-refractivity contribution in [2.45, 2.75) is 18.6 Å². The Morgan fingerprint density at radius 2 is 2.12 bits per heavy atom. The summed E-state index contributed by atoms with van der Waals surface area (Å²) in [6.45, 7) is 0. The van der Waals surface area contributed by atoms with Crippen LogP contribution in [0.2, 0.25) is 0 Å². The number of carbonyl (C=O) groups is 1. The molecular weight excluding hydrogens is 336 g/mol. The Morgan fingerprint density at radius 1 is 1.35 bits per heavy atom. The molecule has 1 aliphatic rings. The number of nitro groups is 1. The molecule has 2 aromatic rings. The Morgan fingerprint density at radius 3 is 2.85 bits per heavy atom. The first-order valence-electron chi connectivity index (χ1n) is 8.06. The summed E-state index contributed by atoms with van der Waals surface area (Å²) in [7, 11) is 1.26. The Balaban J connectivity index is 1.89. The first-order valence-corrected chi connectivity index (χ1v) is 8.06. The number of methoxy groups -OCH3 is 1. The number of nitro benzene ring substituents is 1. The normalized spacial score (nSPS) is 18.5. The lowest BCUT2D eigenvalue weighted by Gasteiger charge is -2.19. The molecule has 1 aliphatic carbocycles. The highest BCUT2D eigenvalue weighted by atomic mass is 16.6. The number of anilines is 1. The molecule has 3 rings (SSSR count). The molecule has 0 saturated heterocycles. The second kappa shape index (κ2) is 7.37. The Bertz CT molecular complexity index is 878. The van der Waals surface area contributed by atoms with E-state index in [2.05, 4.69) is 10.1 Å². The van der Waals surface area contributed by atoms with Crippen molar-refractivity contribution >= 4 is 23.4 Å². The highest BCUT2D eigenvalue weighted by molar-refractivity contribution is 5.87. The predicted octanol–water partition coefficient (Wildman–Crippen LogP) is 2.85. The Hall–Kier alpha value is -3.19. The molecule has 0 amide bonds. The molecule has 0 aromatic heterocycles. The van der Waals surface area contributed by atoms with Crippen LogP contribution in [0.15, 0.2) is 48.5 Å². The zero-order valence-corrected chi connectivity index (χ0v) is 14.1. The minimum atomic E-state index is -0.661. The third kappa shape index (κ3) is 3.57. The molecule has 0 heterocycles. The second-order valence-corrected chi connectivity index (χ2v) is 5.98. The molecule has 0 spiro atoms. The van der Waals surface area contributed by atoms with E-state index in [4.69, 9.17) is 0 Å². The number of esters is 1. The smallest absolute Gasteiger partial charge is 0.330 e. The van der Waals surface area contributed by atoms with Gasteiger partial charge in [0.15, 0.2) is 0 Å². The van der Waals surface area contributed by atoms with Crippen molar-refractivity contribution in [2.24, 2.45) is 0 Å². The number of aliphatic hydroxyl groups excluding tert-OH is 1. The number of fused-ring (bicyclic) bond motifs is 1. The maximum Gasteiger partial charge on any atom is 0.330 e. The van der Waals surface area contributed by atoms with E-state index in [1.807, 2.05) is 24.3 Å². The highest BCUT2D eigenvalue weighted by Crippen LogP contribution is 2.36. The van der Waals surface area contributed by atoms with Gasteiger partial charge in [-0.2, -0.15) is 0 Å². The molecule has 0 saturated carbocycles. The van der Waals surface area contributed by atoms with Crippen molar-refractivity contribution in [1.29, 1.82) is 0 Å². The molecule has 7 heteroatoms. The number of nitrogens with one attached hydrogen (secondary N) is 1. The molecular formula is C19H18N2O5. The SMILES string of the molecule is COC(=O)/C=C/c1ccc(N[C@@H]2c3ccccc3C[C@@H]2O)c([N+](=O)[O-])c1. The maximum atomic E-state index is 11.5. The van der Waals surface area contributed by atoms with E-state index >= 15 is 0 Å². The summed E-state index contributed by atoms with van der Waals surface area (Å²) in [5, 5.41) is 24.9. The highest BCUT2D eigenvalue weighted by Gasteiger charge is 2.32. The summed E-state index contributed by atoms with van der Waals surface area (Å²) in [5.74, 6) is -0.541. The summed E-state index contributed by atoms with van der Waals surface area (Å²) in [5.41, 5.74) is 2.64. The standard InChI is InChI=1S/C19H18N2O5/c1-26-18(23)9-7-12-6-8-15(16(10-12)21(24)25)20-19-14-5-3-2-4-13(14)11-17(19)22/h2-10,17,19-20,22H,11H2,1H3/b9-7+/t17-,19+/m0/s1. The Labute approximate surface area is 150 Å². The van der Waals surface area contributed by atoms with Crippen LogP contribution in [-0.2, 0) is 16.0 Å². The molecule has 0 aliphatic heterocycles. The van der Waals surface area contributed by atoms with E-state index in [-0.39, 0.29) is 5.69 Å². The van der Waals surface area contributed by atoms with Gasteiger partial charge in [-0.25, -0.2) is 4.79 Å². The largest absolute Gasteiger partial charge is 0.466 e. The average molecular weight is 354 g/mol. The molecule has 2 atom stereocenters. The first-order chi connectivity index (χ1) is 12.5. The van der Waals surface area contributed by atoms with Gasteiger partial charge in [0.05, 0.1) is 24.2 Å². The van der Waals surface area contributed by atoms with Gasteiger partial charge in [-0.05, 0) is 28.8 Å². The van der Waals surface area contributed by atoms with Gasteiger partial charge >= 0.3 is 5.97 Å². The summed E-state index contributed by atoms with van der Waals surface area (Å²) in [4.78, 5) is 22.1. The van der Waals surface area contributed by atoms with Crippen molar-refractivity contribution in [2.75, 3.05) is 12.4 Å². The zero-order chi connectivity index (χ0) is 18.7. The lowest BCUT2D eigenvalue weighted by Crippen LogP contribution is -2.21. The molecule has 2 aromatic carbocycles. The molecule has 0 fully saturated rings. The van der Waals surface area contributed by atoms with E-state index in [1.54, 1.807) is 12.1 Å². The molecule has 2 N–H and O–H groups in total. The number of benzene rings is 2. The fourth-order valence-corrected chi connectivity index (χ4v) is 3.07. The first kappa shape index (κ1) is 17.6. The monoisotopic (exact) mass is 354 g/mol. The molecule has 0 bridgehead atoms. The number of ether oxygens (including phenoxy) is 1. The van der Waals surface area contributed by atoms with Crippen molar-refractivity contribution in [3.63, 3.8) is 0 Å². The van der Waals surface area contributed by atoms with Gasteiger partial charge < -0.3 is 15.2 Å². The van der Waals surface area contributed by atoms with E-state index in [0.717, 1.165) is 11.1 Å². The number of rotatable bonds is 5. The van der Waals surface area contributed by atoms with Crippen LogP contribution in [-0.4, -0.2) is 29.2 Å². The number of hydrogen-bond acceptors (Lipinski definition) is 6. The van der Waals surface area contributed by atoms with Crippen LogP contribution >= 0.6 is 0 Å². The predicted molar refractivity (Wildman–Crippen MR) is 96.7 cm³/mol. The summed E-state index contributed by atoms with van der Waals surface area (Å²) in [6.07, 6.45) is 2.48. The fraction of sp³-hybridized carbons (Fsp3) is 0.211. The second-order valence-electron chi connectivity index (χ2n) is 5.98. The summed E-state index contributed by atoms with van der Waals surface area (Å²) in [6, 6.07) is 11.8. The lowest BCUT2D eigenvalue weighted by molar-refractivity contribution is -0.384. The third-order valence-electron chi connectivity index (χ3n) is 4.35. The van der Waals surface area contributed by atoms with Crippen molar-refractivity contribution in [1.82, 2.24) is 0 Å². The number of nitrogens with zero attached hydrogens (tertiary/aromatic N) is 1. The van der Waals surface area contributed by atoms with Crippen molar-refractivity contribution in [3.8, 4) is 0 Å². The maximum absolute atomic E-state index is 11.5. The Kier molecular flexibility index (Phi) is 4.99. The van der Waals surface area contributed by atoms with Gasteiger partial charge in [0.1, 0.15) is 5.69 Å². The van der Waals surface area contributed by atoms with E-state index in [1.165, 1.54) is 25.3 Å².